The van der Waals surface area contributed by atoms with Gasteiger partial charge < -0.3 is 45.1 Å². The number of rotatable bonds is 7. The predicted octanol–water partition coefficient (Wildman–Crippen LogP) is -4.27. The summed E-state index contributed by atoms with van der Waals surface area (Å²) < 4.78 is 21.9. The van der Waals surface area contributed by atoms with Crippen LogP contribution in [0.2, 0.25) is 0 Å². The van der Waals surface area contributed by atoms with E-state index in [1.54, 1.807) is 0 Å². The fraction of sp³-hybridized carbons (Fsp3) is 0.529. The normalized spacial score (nSPS) is 33.2. The molecule has 15 heteroatoms. The Morgan fingerprint density at radius 3 is 2.50 bits per heavy atom. The third-order valence-electron chi connectivity index (χ3n) is 4.91. The van der Waals surface area contributed by atoms with E-state index in [2.05, 4.69) is 0 Å². The summed E-state index contributed by atoms with van der Waals surface area (Å²) in [6, 6.07) is 1.00. The molecule has 2 aliphatic rings. The Kier molecular flexibility index (Phi) is 6.77. The number of nitrogens with one attached hydrogen (secondary N) is 1. The molecule has 1 saturated heterocycles. The van der Waals surface area contributed by atoms with Gasteiger partial charge in [0.15, 0.2) is 12.3 Å². The van der Waals surface area contributed by atoms with E-state index in [0.717, 1.165) is 22.9 Å². The van der Waals surface area contributed by atoms with Crippen molar-refractivity contribution in [1.82, 2.24) is 9.55 Å². The second kappa shape index (κ2) is 9.19. The predicted molar refractivity (Wildman–Crippen MR) is 98.7 cm³/mol. The number of nitrogens with two attached hydrogens (primary N) is 1. The number of aromatic nitrogens is 2. The average molecular weight is 459 g/mol. The van der Waals surface area contributed by atoms with Gasteiger partial charge in [-0.05, 0) is 6.08 Å². The van der Waals surface area contributed by atoms with E-state index < -0.39 is 78.0 Å². The SMILES string of the molecule is CO[C@H]1[C@@H](O)[C@H](n2ccc(=O)[nH]c2=O)O[C@@H]1[C@@H](O[C@H]1OC(C(=O)O)=C[C@H](O)[C@@H]1O)C(N)=O. The molecule has 0 saturated carbocycles. The van der Waals surface area contributed by atoms with Crippen LogP contribution in [-0.4, -0.2) is 91.9 Å². The first-order chi connectivity index (χ1) is 15.0. The summed E-state index contributed by atoms with van der Waals surface area (Å²) in [5.74, 6) is -3.49. The molecule has 0 aliphatic carbocycles. The van der Waals surface area contributed by atoms with Crippen LogP contribution in [0.15, 0.2) is 33.7 Å². The number of carboxylic acid groups (broad SMARTS) is 1. The van der Waals surface area contributed by atoms with Gasteiger partial charge in [-0.25, -0.2) is 9.59 Å². The standard InChI is InChI=1S/C17H21N3O12/c1-29-10-9(24)14(20-3-2-7(22)19-17(20)28)31-11(10)12(13(18)25)32-16-8(23)5(21)4-6(30-16)15(26)27/h2-5,8-12,14,16,21,23-24H,1H3,(H2,18,25)(H,26,27)(H,19,22,28)/t5-,8-,9+,10-,11-,12+,14+,16+/m0/s1. The van der Waals surface area contributed by atoms with Crippen LogP contribution in [0.3, 0.4) is 0 Å². The van der Waals surface area contributed by atoms with Crippen molar-refractivity contribution in [3.8, 4) is 0 Å². The number of aliphatic hydroxyl groups is 3. The molecule has 0 bridgehead atoms. The topological polar surface area (TPSA) is 233 Å². The number of primary amides is 1. The fourth-order valence-electron chi connectivity index (χ4n) is 3.38. The number of hydrogen-bond donors (Lipinski definition) is 6. The highest BCUT2D eigenvalue weighted by Gasteiger charge is 2.52. The molecular formula is C17H21N3O12. The van der Waals surface area contributed by atoms with Crippen molar-refractivity contribution in [2.75, 3.05) is 7.11 Å². The summed E-state index contributed by atoms with van der Waals surface area (Å²) >= 11 is 0. The van der Waals surface area contributed by atoms with E-state index in [1.165, 1.54) is 7.11 Å². The molecular weight excluding hydrogens is 438 g/mol. The number of hydrogen-bond acceptors (Lipinski definition) is 11. The van der Waals surface area contributed by atoms with Gasteiger partial charge in [-0.15, -0.1) is 0 Å². The number of carbonyl (C=O) groups is 2. The van der Waals surface area contributed by atoms with Crippen LogP contribution in [0.5, 0.6) is 0 Å². The molecule has 32 heavy (non-hydrogen) atoms. The molecule has 0 aromatic carbocycles. The third-order valence-corrected chi connectivity index (χ3v) is 4.91. The molecule has 3 rings (SSSR count). The summed E-state index contributed by atoms with van der Waals surface area (Å²) in [5.41, 5.74) is 3.77. The van der Waals surface area contributed by atoms with Crippen molar-refractivity contribution in [3.63, 3.8) is 0 Å². The molecule has 0 radical (unpaired) electrons. The Morgan fingerprint density at radius 2 is 1.94 bits per heavy atom. The second-order valence-electron chi connectivity index (χ2n) is 6.96. The highest BCUT2D eigenvalue weighted by molar-refractivity contribution is 5.84. The highest BCUT2D eigenvalue weighted by atomic mass is 16.7. The minimum atomic E-state index is -1.85. The number of nitrogens with zero attached hydrogens (tertiary/aromatic N) is 1. The third kappa shape index (κ3) is 4.43. The molecule has 1 aromatic rings. The molecule has 1 amide bonds. The Hall–Kier alpha value is -3.08. The van der Waals surface area contributed by atoms with Gasteiger partial charge in [0.05, 0.1) is 0 Å². The number of amides is 1. The molecule has 0 unspecified atom stereocenters. The number of aromatic amines is 1. The lowest BCUT2D eigenvalue weighted by atomic mass is 10.0. The molecule has 0 spiro atoms. The van der Waals surface area contributed by atoms with Gasteiger partial charge in [0, 0.05) is 19.4 Å². The Labute approximate surface area is 178 Å². The van der Waals surface area contributed by atoms with Crippen LogP contribution >= 0.6 is 0 Å². The summed E-state index contributed by atoms with van der Waals surface area (Å²) in [7, 11) is 1.17. The molecule has 3 heterocycles. The lowest BCUT2D eigenvalue weighted by molar-refractivity contribution is -0.242. The lowest BCUT2D eigenvalue weighted by Gasteiger charge is -2.34. The first kappa shape index (κ1) is 23.6. The monoisotopic (exact) mass is 459 g/mol. The smallest absolute Gasteiger partial charge is 0.371 e. The van der Waals surface area contributed by atoms with Gasteiger partial charge in [-0.1, -0.05) is 0 Å². The number of methoxy groups -OCH3 is 1. The van der Waals surface area contributed by atoms with Crippen LogP contribution in [0.25, 0.3) is 0 Å². The van der Waals surface area contributed by atoms with Gasteiger partial charge in [0.1, 0.15) is 30.5 Å². The van der Waals surface area contributed by atoms with Crippen LogP contribution in [-0.2, 0) is 28.5 Å². The molecule has 8 atom stereocenters. The lowest BCUT2D eigenvalue weighted by Crippen LogP contribution is -2.53. The van der Waals surface area contributed by atoms with Crippen molar-refractivity contribution in [2.24, 2.45) is 5.73 Å². The Balaban J connectivity index is 1.89. The van der Waals surface area contributed by atoms with Gasteiger partial charge in [0.2, 0.25) is 18.0 Å². The fourth-order valence-corrected chi connectivity index (χ4v) is 3.38. The van der Waals surface area contributed by atoms with Gasteiger partial charge >= 0.3 is 11.7 Å². The quantitative estimate of drug-likeness (QED) is 0.227. The van der Waals surface area contributed by atoms with E-state index in [1.807, 2.05) is 4.98 Å². The van der Waals surface area contributed by atoms with Crippen molar-refractivity contribution >= 4 is 11.9 Å². The summed E-state index contributed by atoms with van der Waals surface area (Å²) in [4.78, 5) is 48.6. The minimum absolute atomic E-state index is 0.693. The van der Waals surface area contributed by atoms with E-state index in [4.69, 9.17) is 29.8 Å². The molecule has 1 aromatic heterocycles. The van der Waals surface area contributed by atoms with Crippen LogP contribution in [0.1, 0.15) is 6.23 Å². The molecule has 1 fully saturated rings. The number of aliphatic carboxylic acids is 1. The number of carbonyl (C=O) groups excluding carboxylic acids is 1. The maximum atomic E-state index is 12.1. The van der Waals surface area contributed by atoms with Gasteiger partial charge in [0.25, 0.3) is 5.56 Å². The largest absolute Gasteiger partial charge is 0.475 e. The number of H-pyrrole nitrogens is 1. The van der Waals surface area contributed by atoms with E-state index in [9.17, 15) is 34.5 Å². The van der Waals surface area contributed by atoms with Gasteiger partial charge in [-0.3, -0.25) is 19.1 Å². The number of ether oxygens (including phenoxy) is 4. The first-order valence-electron chi connectivity index (χ1n) is 9.15. The number of aliphatic hydroxyl groups excluding tert-OH is 3. The van der Waals surface area contributed by atoms with Crippen LogP contribution in [0.4, 0.5) is 0 Å². The highest BCUT2D eigenvalue weighted by Crippen LogP contribution is 2.34. The summed E-state index contributed by atoms with van der Waals surface area (Å²) in [6.45, 7) is 0. The summed E-state index contributed by atoms with van der Waals surface area (Å²) in [6.07, 6.45) is -11.1. The van der Waals surface area contributed by atoms with Crippen molar-refractivity contribution < 1.29 is 49.0 Å². The Morgan fingerprint density at radius 1 is 1.25 bits per heavy atom. The second-order valence-corrected chi connectivity index (χ2v) is 6.96. The molecule has 176 valence electrons. The van der Waals surface area contributed by atoms with Crippen molar-refractivity contribution in [1.29, 1.82) is 0 Å². The van der Waals surface area contributed by atoms with E-state index in [0.29, 0.717) is 0 Å². The molecule has 7 N–H and O–H groups in total. The van der Waals surface area contributed by atoms with Crippen molar-refractivity contribution in [3.05, 3.63) is 44.9 Å². The summed E-state index contributed by atoms with van der Waals surface area (Å²) in [5, 5.41) is 39.6. The average Bonchev–Trinajstić information content (AvgIpc) is 3.04. The maximum absolute atomic E-state index is 12.1. The van der Waals surface area contributed by atoms with Crippen LogP contribution in [0, 0.1) is 0 Å². The van der Waals surface area contributed by atoms with Crippen molar-refractivity contribution in [2.45, 2.75) is 49.1 Å². The zero-order chi connectivity index (χ0) is 23.7. The minimum Gasteiger partial charge on any atom is -0.475 e. The number of carboxylic acids is 1. The molecule has 15 nitrogen and oxygen atoms in total. The zero-order valence-corrected chi connectivity index (χ0v) is 16.4. The van der Waals surface area contributed by atoms with Crippen LogP contribution < -0.4 is 17.0 Å². The Bertz CT molecular complexity index is 1020. The first-order valence-corrected chi connectivity index (χ1v) is 9.15. The van der Waals surface area contributed by atoms with E-state index >= 15 is 0 Å². The zero-order valence-electron chi connectivity index (χ0n) is 16.4. The maximum Gasteiger partial charge on any atom is 0.371 e. The van der Waals surface area contributed by atoms with Gasteiger partial charge in [-0.2, -0.15) is 0 Å². The van der Waals surface area contributed by atoms with E-state index in [-0.39, 0.29) is 0 Å². The molecule has 2 aliphatic heterocycles.